The van der Waals surface area contributed by atoms with Crippen molar-refractivity contribution in [1.29, 1.82) is 0 Å². The molecule has 0 nitrogen and oxygen atoms in total. The van der Waals surface area contributed by atoms with Crippen LogP contribution in [0.15, 0.2) is 108 Å². The van der Waals surface area contributed by atoms with Crippen LogP contribution >= 0.6 is 0 Å². The molecule has 1 atom stereocenters. The minimum atomic E-state index is 0.400. The molecule has 146 valence electrons. The molecule has 0 N–H and O–H groups in total. The molecule has 0 aromatic heterocycles. The zero-order chi connectivity index (χ0) is 19.9. The van der Waals surface area contributed by atoms with Gasteiger partial charge in [0.25, 0.3) is 0 Å². The quantitative estimate of drug-likeness (QED) is 0.527. The van der Waals surface area contributed by atoms with Crippen LogP contribution in [0.5, 0.6) is 0 Å². The van der Waals surface area contributed by atoms with Crippen molar-refractivity contribution < 1.29 is 0 Å². The Kier molecular flexibility index (Phi) is 4.30. The van der Waals surface area contributed by atoms with Gasteiger partial charge in [-0.1, -0.05) is 97.1 Å². The molecule has 4 aliphatic carbocycles. The van der Waals surface area contributed by atoms with Gasteiger partial charge in [-0.2, -0.15) is 0 Å². The fourth-order valence-corrected chi connectivity index (χ4v) is 5.37. The first kappa shape index (κ1) is 17.7. The Labute approximate surface area is 179 Å². The van der Waals surface area contributed by atoms with Crippen LogP contribution in [-0.2, 0) is 19.3 Å². The first-order valence-electron chi connectivity index (χ1n) is 11.2. The largest absolute Gasteiger partial charge is 0.0732 e. The number of benzene rings is 2. The van der Waals surface area contributed by atoms with Gasteiger partial charge in [0.15, 0.2) is 0 Å². The zero-order valence-corrected chi connectivity index (χ0v) is 17.2. The van der Waals surface area contributed by atoms with Gasteiger partial charge < -0.3 is 0 Å². The summed E-state index contributed by atoms with van der Waals surface area (Å²) >= 11 is 0. The van der Waals surface area contributed by atoms with E-state index in [0.717, 1.165) is 6.42 Å². The average molecular weight is 387 g/mol. The highest BCUT2D eigenvalue weighted by Gasteiger charge is 2.26. The topological polar surface area (TPSA) is 0 Å². The van der Waals surface area contributed by atoms with Gasteiger partial charge in [-0.15, -0.1) is 0 Å². The van der Waals surface area contributed by atoms with E-state index in [1.807, 2.05) is 0 Å². The number of fused-ring (bicyclic) bond motifs is 2. The Morgan fingerprint density at radius 3 is 2.40 bits per heavy atom. The van der Waals surface area contributed by atoms with E-state index >= 15 is 0 Å². The lowest BCUT2D eigenvalue weighted by Gasteiger charge is -2.25. The maximum atomic E-state index is 2.45. The summed E-state index contributed by atoms with van der Waals surface area (Å²) in [5, 5.41) is 0. The maximum absolute atomic E-state index is 2.45. The van der Waals surface area contributed by atoms with E-state index in [2.05, 4.69) is 97.1 Å². The van der Waals surface area contributed by atoms with Crippen molar-refractivity contribution >= 4 is 5.57 Å². The van der Waals surface area contributed by atoms with E-state index in [1.54, 1.807) is 11.1 Å². The first-order valence-corrected chi connectivity index (χ1v) is 11.2. The molecule has 1 unspecified atom stereocenters. The molecular formula is C30H26. The molecule has 2 aromatic rings. The fraction of sp³-hybridized carbons (Fsp3) is 0.200. The van der Waals surface area contributed by atoms with Gasteiger partial charge in [0.05, 0.1) is 0 Å². The summed E-state index contributed by atoms with van der Waals surface area (Å²) in [5.74, 6) is 0.842. The van der Waals surface area contributed by atoms with Gasteiger partial charge >= 0.3 is 0 Å². The molecule has 4 aliphatic rings. The van der Waals surface area contributed by atoms with Gasteiger partial charge in [-0.25, -0.2) is 0 Å². The normalized spacial score (nSPS) is 21.5. The van der Waals surface area contributed by atoms with Gasteiger partial charge in [-0.05, 0) is 70.2 Å². The smallest absolute Gasteiger partial charge is 0.0281 e. The number of allylic oxidation sites excluding steroid dienone is 12. The predicted octanol–water partition coefficient (Wildman–Crippen LogP) is 7.06. The van der Waals surface area contributed by atoms with Crippen LogP contribution in [0.2, 0.25) is 0 Å². The van der Waals surface area contributed by atoms with Crippen molar-refractivity contribution in [2.45, 2.75) is 31.6 Å². The molecular weight excluding hydrogens is 360 g/mol. The number of aryl methyl sites for hydroxylation is 2. The van der Waals surface area contributed by atoms with E-state index in [1.165, 1.54) is 52.7 Å². The summed E-state index contributed by atoms with van der Waals surface area (Å²) in [6.07, 6.45) is 25.2. The van der Waals surface area contributed by atoms with Crippen molar-refractivity contribution in [2.24, 2.45) is 5.92 Å². The van der Waals surface area contributed by atoms with Crippen LogP contribution in [0.4, 0.5) is 0 Å². The molecule has 0 spiro atoms. The highest BCUT2D eigenvalue weighted by atomic mass is 14.3. The second-order valence-corrected chi connectivity index (χ2v) is 8.85. The Hall–Kier alpha value is -3.12. The lowest BCUT2D eigenvalue weighted by Crippen LogP contribution is -2.10. The Morgan fingerprint density at radius 1 is 0.700 bits per heavy atom. The van der Waals surface area contributed by atoms with E-state index in [0.29, 0.717) is 11.8 Å². The maximum Gasteiger partial charge on any atom is 0.0281 e. The summed E-state index contributed by atoms with van der Waals surface area (Å²) < 4.78 is 0. The predicted molar refractivity (Wildman–Crippen MR) is 126 cm³/mol. The van der Waals surface area contributed by atoms with E-state index in [-0.39, 0.29) is 0 Å². The lowest BCUT2D eigenvalue weighted by molar-refractivity contribution is 0.911. The number of rotatable bonds is 4. The summed E-state index contributed by atoms with van der Waals surface area (Å²) in [7, 11) is 0. The molecule has 6 rings (SSSR count). The molecule has 0 saturated carbocycles. The molecule has 0 bridgehead atoms. The molecule has 0 radical (unpaired) electrons. The van der Waals surface area contributed by atoms with Crippen LogP contribution < -0.4 is 0 Å². The number of hydrogen-bond acceptors (Lipinski definition) is 0. The summed E-state index contributed by atoms with van der Waals surface area (Å²) in [4.78, 5) is 0. The van der Waals surface area contributed by atoms with E-state index in [9.17, 15) is 0 Å². The van der Waals surface area contributed by atoms with Crippen LogP contribution in [0.3, 0.4) is 0 Å². The monoisotopic (exact) mass is 386 g/mol. The van der Waals surface area contributed by atoms with Crippen LogP contribution in [0, 0.1) is 5.92 Å². The molecule has 2 aromatic carbocycles. The van der Waals surface area contributed by atoms with Gasteiger partial charge in [0, 0.05) is 11.8 Å². The van der Waals surface area contributed by atoms with Gasteiger partial charge in [0.1, 0.15) is 0 Å². The third kappa shape index (κ3) is 3.08. The third-order valence-corrected chi connectivity index (χ3v) is 7.02. The van der Waals surface area contributed by atoms with E-state index < -0.39 is 0 Å². The minimum Gasteiger partial charge on any atom is -0.0732 e. The van der Waals surface area contributed by atoms with Crippen molar-refractivity contribution in [3.05, 3.63) is 136 Å². The SMILES string of the molecule is C1=CC2C(=C1)C(Cc1ccc(C3C=CC=C3)cc1)=CC=C2c1ccc2c(c1)CCC2. The van der Waals surface area contributed by atoms with Crippen LogP contribution in [-0.4, -0.2) is 0 Å². The molecule has 0 saturated heterocycles. The lowest BCUT2D eigenvalue weighted by atomic mass is 9.79. The second-order valence-electron chi connectivity index (χ2n) is 8.85. The minimum absolute atomic E-state index is 0.400. The summed E-state index contributed by atoms with van der Waals surface area (Å²) in [6, 6.07) is 16.3. The van der Waals surface area contributed by atoms with Crippen molar-refractivity contribution in [3.8, 4) is 0 Å². The highest BCUT2D eigenvalue weighted by molar-refractivity contribution is 5.79. The standard InChI is InChI=1S/C30H26/c1-2-6-22(5-1)24-13-11-21(12-14-24)19-26-17-18-29(30-10-4-9-28(26)30)27-16-15-23-7-3-8-25(23)20-27/h1-2,4-6,9-18,20,22,30H,3,7-8,19H2. The molecule has 30 heavy (non-hydrogen) atoms. The van der Waals surface area contributed by atoms with Crippen LogP contribution in [0.25, 0.3) is 5.57 Å². The van der Waals surface area contributed by atoms with Gasteiger partial charge in [-0.3, -0.25) is 0 Å². The van der Waals surface area contributed by atoms with Crippen LogP contribution in [0.1, 0.15) is 40.2 Å². The summed E-state index contributed by atoms with van der Waals surface area (Å²) in [6.45, 7) is 0. The Balaban J connectivity index is 1.27. The van der Waals surface area contributed by atoms with Gasteiger partial charge in [0.2, 0.25) is 0 Å². The molecule has 0 heterocycles. The highest BCUT2D eigenvalue weighted by Crippen LogP contribution is 2.42. The van der Waals surface area contributed by atoms with E-state index in [4.69, 9.17) is 0 Å². The Bertz CT molecular complexity index is 1160. The zero-order valence-electron chi connectivity index (χ0n) is 17.2. The number of hydrogen-bond donors (Lipinski definition) is 0. The summed E-state index contributed by atoms with van der Waals surface area (Å²) in [5.41, 5.74) is 11.6. The van der Waals surface area contributed by atoms with Crippen molar-refractivity contribution in [3.63, 3.8) is 0 Å². The molecule has 0 amide bonds. The fourth-order valence-electron chi connectivity index (χ4n) is 5.37. The molecule has 0 heteroatoms. The van der Waals surface area contributed by atoms with Crippen molar-refractivity contribution in [1.82, 2.24) is 0 Å². The van der Waals surface area contributed by atoms with Crippen molar-refractivity contribution in [2.75, 3.05) is 0 Å². The first-order chi connectivity index (χ1) is 14.8. The second kappa shape index (κ2) is 7.29. The molecule has 0 aliphatic heterocycles. The Morgan fingerprint density at radius 2 is 1.53 bits per heavy atom. The average Bonchev–Trinajstić information content (AvgIpc) is 3.55. The third-order valence-electron chi connectivity index (χ3n) is 7.02. The molecule has 0 fully saturated rings.